The van der Waals surface area contributed by atoms with Gasteiger partial charge in [-0.2, -0.15) is 0 Å². The molecule has 1 aromatic heterocycles. The maximum Gasteiger partial charge on any atom is 0.161 e. The Kier molecular flexibility index (Phi) is 4.01. The predicted octanol–water partition coefficient (Wildman–Crippen LogP) is 5.63. The number of nitrogens with zero attached hydrogens (tertiary/aromatic N) is 1. The minimum Gasteiger partial charge on any atom is -0.373 e. The monoisotopic (exact) mass is 372 g/mol. The number of anilines is 1. The molecule has 0 amide bonds. The second kappa shape index (κ2) is 6.54. The molecule has 2 aromatic carbocycles. The molecular weight excluding hydrogens is 352 g/mol. The maximum atomic E-state index is 13.0. The zero-order valence-electron chi connectivity index (χ0n) is 15.2. The van der Waals surface area contributed by atoms with Gasteiger partial charge in [-0.25, -0.2) is 0 Å². The molecule has 0 bridgehead atoms. The number of carbonyl (C=O) groups excluding carboxylic acids is 1. The summed E-state index contributed by atoms with van der Waals surface area (Å²) >= 11 is 1.73. The molecule has 1 aliphatic heterocycles. The van der Waals surface area contributed by atoms with E-state index in [9.17, 15) is 4.79 Å². The molecule has 27 heavy (non-hydrogen) atoms. The third kappa shape index (κ3) is 2.67. The van der Waals surface area contributed by atoms with E-state index in [4.69, 9.17) is 0 Å². The van der Waals surface area contributed by atoms with Crippen molar-refractivity contribution < 1.29 is 4.79 Å². The predicted molar refractivity (Wildman–Crippen MR) is 112 cm³/mol. The van der Waals surface area contributed by atoms with E-state index in [-0.39, 0.29) is 11.8 Å². The number of hydrogen-bond donors (Lipinski definition) is 1. The van der Waals surface area contributed by atoms with Gasteiger partial charge in [-0.1, -0.05) is 18.2 Å². The lowest BCUT2D eigenvalue weighted by Crippen LogP contribution is -2.27. The van der Waals surface area contributed by atoms with E-state index in [0.717, 1.165) is 40.6 Å². The Morgan fingerprint density at radius 2 is 1.93 bits per heavy atom. The summed E-state index contributed by atoms with van der Waals surface area (Å²) in [6.07, 6.45) is 6.41. The van der Waals surface area contributed by atoms with Crippen LogP contribution in [0.2, 0.25) is 0 Å². The number of hydrogen-bond acceptors (Lipinski definition) is 4. The van der Waals surface area contributed by atoms with Gasteiger partial charge in [0.1, 0.15) is 0 Å². The molecule has 4 heteroatoms. The summed E-state index contributed by atoms with van der Waals surface area (Å²) in [6.45, 7) is 0. The van der Waals surface area contributed by atoms with Gasteiger partial charge in [0.2, 0.25) is 0 Å². The summed E-state index contributed by atoms with van der Waals surface area (Å²) in [5.74, 6) is 0.272. The fourth-order valence-electron chi connectivity index (χ4n) is 4.33. The smallest absolute Gasteiger partial charge is 0.161 e. The molecule has 1 unspecified atom stereocenters. The van der Waals surface area contributed by atoms with E-state index in [1.807, 2.05) is 12.3 Å². The van der Waals surface area contributed by atoms with Gasteiger partial charge < -0.3 is 5.32 Å². The fourth-order valence-corrected chi connectivity index (χ4v) is 4.74. The number of rotatable bonds is 2. The summed E-state index contributed by atoms with van der Waals surface area (Å²) < 4.78 is 0. The number of fused-ring (bicyclic) bond motifs is 4. The lowest BCUT2D eigenvalue weighted by molar-refractivity contribution is -0.116. The number of pyridine rings is 1. The van der Waals surface area contributed by atoms with Gasteiger partial charge >= 0.3 is 0 Å². The first-order chi connectivity index (χ1) is 13.3. The summed E-state index contributed by atoms with van der Waals surface area (Å²) in [5.41, 5.74) is 6.54. The van der Waals surface area contributed by atoms with Crippen LogP contribution in [0.4, 0.5) is 5.69 Å². The van der Waals surface area contributed by atoms with E-state index >= 15 is 0 Å². The van der Waals surface area contributed by atoms with Crippen LogP contribution in [0.1, 0.15) is 36.4 Å². The summed E-state index contributed by atoms with van der Waals surface area (Å²) in [6, 6.07) is 16.7. The van der Waals surface area contributed by atoms with Crippen molar-refractivity contribution in [1.82, 2.24) is 4.98 Å². The zero-order valence-corrected chi connectivity index (χ0v) is 16.0. The molecule has 134 valence electrons. The standard InChI is InChI=1S/C23H20N2OS/c1-27-15-9-7-14(8-10-15)23-22-17(4-2-6-20(22)26)21-16-5-3-13-24-18(16)11-12-19(21)25-23/h3,5,7-13,23,25H,2,4,6H2,1H3. The molecular formula is C23H20N2OS. The van der Waals surface area contributed by atoms with Crippen molar-refractivity contribution in [2.24, 2.45) is 0 Å². The van der Waals surface area contributed by atoms with Crippen LogP contribution in [0.15, 0.2) is 65.2 Å². The van der Waals surface area contributed by atoms with Crippen molar-refractivity contribution in [2.75, 3.05) is 11.6 Å². The average Bonchev–Trinajstić information content (AvgIpc) is 2.73. The highest BCUT2D eigenvalue weighted by Crippen LogP contribution is 2.47. The van der Waals surface area contributed by atoms with Crippen LogP contribution in [-0.4, -0.2) is 17.0 Å². The van der Waals surface area contributed by atoms with Gasteiger partial charge in [0.15, 0.2) is 5.78 Å². The minimum atomic E-state index is -0.0784. The Bertz CT molecular complexity index is 1090. The van der Waals surface area contributed by atoms with Crippen LogP contribution in [-0.2, 0) is 4.79 Å². The molecule has 0 fully saturated rings. The molecule has 2 aliphatic rings. The number of benzene rings is 2. The number of thioether (sulfide) groups is 1. The number of aromatic nitrogens is 1. The Morgan fingerprint density at radius 3 is 2.74 bits per heavy atom. The lowest BCUT2D eigenvalue weighted by Gasteiger charge is -2.35. The first-order valence-electron chi connectivity index (χ1n) is 9.31. The van der Waals surface area contributed by atoms with E-state index in [1.54, 1.807) is 11.8 Å². The molecule has 5 rings (SSSR count). The molecule has 0 saturated carbocycles. The van der Waals surface area contributed by atoms with Crippen molar-refractivity contribution in [1.29, 1.82) is 0 Å². The number of allylic oxidation sites excluding steroid dienone is 1. The minimum absolute atomic E-state index is 0.0784. The van der Waals surface area contributed by atoms with Crippen LogP contribution in [0.25, 0.3) is 16.5 Å². The first-order valence-corrected chi connectivity index (χ1v) is 10.5. The van der Waals surface area contributed by atoms with E-state index in [2.05, 4.69) is 59.0 Å². The Labute approximate surface area is 162 Å². The molecule has 1 aliphatic carbocycles. The van der Waals surface area contributed by atoms with E-state index < -0.39 is 0 Å². The van der Waals surface area contributed by atoms with Crippen LogP contribution in [0.3, 0.4) is 0 Å². The largest absolute Gasteiger partial charge is 0.373 e. The van der Waals surface area contributed by atoms with Gasteiger partial charge in [-0.15, -0.1) is 11.8 Å². The van der Waals surface area contributed by atoms with Crippen LogP contribution >= 0.6 is 11.8 Å². The molecule has 1 atom stereocenters. The second-order valence-corrected chi connectivity index (χ2v) is 7.96. The maximum absolute atomic E-state index is 13.0. The number of ketones is 1. The molecule has 2 heterocycles. The topological polar surface area (TPSA) is 42.0 Å². The second-order valence-electron chi connectivity index (χ2n) is 7.08. The lowest BCUT2D eigenvalue weighted by atomic mass is 9.77. The van der Waals surface area contributed by atoms with E-state index in [0.29, 0.717) is 6.42 Å². The fraction of sp³-hybridized carbons (Fsp3) is 0.217. The van der Waals surface area contributed by atoms with Gasteiger partial charge in [-0.3, -0.25) is 9.78 Å². The van der Waals surface area contributed by atoms with Crippen molar-refractivity contribution in [2.45, 2.75) is 30.2 Å². The summed E-state index contributed by atoms with van der Waals surface area (Å²) in [4.78, 5) is 18.7. The van der Waals surface area contributed by atoms with E-state index in [1.165, 1.54) is 16.0 Å². The average molecular weight is 372 g/mol. The first kappa shape index (κ1) is 16.6. The van der Waals surface area contributed by atoms with Crippen molar-refractivity contribution in [3.8, 4) is 0 Å². The third-order valence-electron chi connectivity index (χ3n) is 5.58. The number of carbonyl (C=O) groups is 1. The molecule has 3 nitrogen and oxygen atoms in total. The molecule has 0 saturated heterocycles. The number of Topliss-reactive ketones (excluding diaryl/α,β-unsaturated/α-hetero) is 1. The molecule has 1 N–H and O–H groups in total. The highest BCUT2D eigenvalue weighted by atomic mass is 32.2. The van der Waals surface area contributed by atoms with Crippen LogP contribution in [0, 0.1) is 0 Å². The van der Waals surface area contributed by atoms with Gasteiger partial charge in [0.25, 0.3) is 0 Å². The molecule has 0 spiro atoms. The van der Waals surface area contributed by atoms with Gasteiger partial charge in [0.05, 0.1) is 11.6 Å². The molecule has 3 aromatic rings. The van der Waals surface area contributed by atoms with Crippen LogP contribution < -0.4 is 5.32 Å². The third-order valence-corrected chi connectivity index (χ3v) is 6.32. The Balaban J connectivity index is 1.73. The summed E-state index contributed by atoms with van der Waals surface area (Å²) in [7, 11) is 0. The highest BCUT2D eigenvalue weighted by Gasteiger charge is 2.34. The van der Waals surface area contributed by atoms with Crippen molar-refractivity contribution in [3.05, 3.63) is 71.4 Å². The Hall–Kier alpha value is -2.59. The van der Waals surface area contributed by atoms with Crippen molar-refractivity contribution >= 4 is 39.7 Å². The molecule has 0 radical (unpaired) electrons. The highest BCUT2D eigenvalue weighted by molar-refractivity contribution is 7.98. The van der Waals surface area contributed by atoms with Crippen LogP contribution in [0.5, 0.6) is 0 Å². The quantitative estimate of drug-likeness (QED) is 0.592. The number of nitrogens with one attached hydrogen (secondary N) is 1. The van der Waals surface area contributed by atoms with Crippen molar-refractivity contribution in [3.63, 3.8) is 0 Å². The zero-order chi connectivity index (χ0) is 18.4. The SMILES string of the molecule is CSc1ccc(C2Nc3ccc4ncccc4c3C3=C2C(=O)CCC3)cc1. The Morgan fingerprint density at radius 1 is 1.07 bits per heavy atom. The van der Waals surface area contributed by atoms with Gasteiger partial charge in [-0.05, 0) is 60.6 Å². The van der Waals surface area contributed by atoms with Gasteiger partial charge in [0, 0.05) is 39.7 Å². The summed E-state index contributed by atoms with van der Waals surface area (Å²) in [5, 5.41) is 4.79. The normalized spacial score (nSPS) is 18.9.